The third kappa shape index (κ3) is 2.96. The van der Waals surface area contributed by atoms with Crippen molar-refractivity contribution in [3.8, 4) is 0 Å². The molecule has 1 atom stereocenters. The van der Waals surface area contributed by atoms with Gasteiger partial charge < -0.3 is 0 Å². The topological polar surface area (TPSA) is 0 Å². The monoisotopic (exact) mass is 378 g/mol. The van der Waals surface area contributed by atoms with Crippen LogP contribution in [0.15, 0.2) is 59.1 Å². The molecule has 0 fully saturated rings. The second kappa shape index (κ2) is 6.00. The molecule has 0 aliphatic carbocycles. The molecule has 0 aliphatic heterocycles. The maximum absolute atomic E-state index is 6.78. The molecule has 0 radical (unpaired) electrons. The fourth-order valence-electron chi connectivity index (χ4n) is 2.63. The molecule has 106 valence electrons. The zero-order valence-corrected chi connectivity index (χ0v) is 14.5. The smallest absolute Gasteiger partial charge is 0.0844 e. The summed E-state index contributed by atoms with van der Waals surface area (Å²) in [6.45, 7) is 2.09. The summed E-state index contributed by atoms with van der Waals surface area (Å²) >= 11 is 16.4. The van der Waals surface area contributed by atoms with Crippen molar-refractivity contribution in [3.63, 3.8) is 0 Å². The van der Waals surface area contributed by atoms with Gasteiger partial charge in [-0.05, 0) is 52.6 Å². The number of halogens is 3. The molecule has 3 rings (SSSR count). The predicted molar refractivity (Wildman–Crippen MR) is 95.5 cm³/mol. The van der Waals surface area contributed by atoms with Gasteiger partial charge in [0.2, 0.25) is 0 Å². The third-order valence-corrected chi connectivity index (χ3v) is 4.77. The van der Waals surface area contributed by atoms with Gasteiger partial charge in [0.15, 0.2) is 0 Å². The molecule has 3 heteroatoms. The average Bonchev–Trinajstić information content (AvgIpc) is 2.45. The first-order valence-corrected chi connectivity index (χ1v) is 8.25. The Morgan fingerprint density at radius 3 is 2.52 bits per heavy atom. The zero-order chi connectivity index (χ0) is 15.0. The van der Waals surface area contributed by atoms with Crippen LogP contribution in [0.5, 0.6) is 0 Å². The standard InChI is InChI=1S/C18H13BrCl2/c1-11-6-7-12-4-2-3-5-16(12)17(11)18(21)13-8-14(19)10-15(20)9-13/h2-10,18H,1H3. The molecule has 0 spiro atoms. The second-order valence-electron chi connectivity index (χ2n) is 5.08. The van der Waals surface area contributed by atoms with E-state index in [2.05, 4.69) is 47.1 Å². The van der Waals surface area contributed by atoms with Gasteiger partial charge >= 0.3 is 0 Å². The van der Waals surface area contributed by atoms with Gasteiger partial charge in [0, 0.05) is 9.50 Å². The highest BCUT2D eigenvalue weighted by Crippen LogP contribution is 2.38. The van der Waals surface area contributed by atoms with Gasteiger partial charge in [-0.15, -0.1) is 11.6 Å². The third-order valence-electron chi connectivity index (χ3n) is 3.62. The molecule has 0 heterocycles. The minimum Gasteiger partial charge on any atom is -0.113 e. The molecule has 3 aromatic rings. The summed E-state index contributed by atoms with van der Waals surface area (Å²) in [5.74, 6) is 0. The molecule has 0 nitrogen and oxygen atoms in total. The zero-order valence-electron chi connectivity index (χ0n) is 11.4. The molecular weight excluding hydrogens is 367 g/mol. The van der Waals surface area contributed by atoms with Gasteiger partial charge in [0.1, 0.15) is 0 Å². The van der Waals surface area contributed by atoms with Crippen LogP contribution in [-0.2, 0) is 0 Å². The number of fused-ring (bicyclic) bond motifs is 1. The van der Waals surface area contributed by atoms with E-state index in [4.69, 9.17) is 23.2 Å². The summed E-state index contributed by atoms with van der Waals surface area (Å²) in [7, 11) is 0. The van der Waals surface area contributed by atoms with E-state index >= 15 is 0 Å². The van der Waals surface area contributed by atoms with Gasteiger partial charge in [-0.3, -0.25) is 0 Å². The SMILES string of the molecule is Cc1ccc2ccccc2c1C(Cl)c1cc(Cl)cc(Br)c1. The maximum Gasteiger partial charge on any atom is 0.0844 e. The van der Waals surface area contributed by atoms with Gasteiger partial charge in [0.25, 0.3) is 0 Å². The fourth-order valence-corrected chi connectivity index (χ4v) is 3.93. The fraction of sp³-hybridized carbons (Fsp3) is 0.111. The summed E-state index contributed by atoms with van der Waals surface area (Å²) in [6, 6.07) is 18.4. The number of hydrogen-bond acceptors (Lipinski definition) is 0. The molecule has 0 bridgehead atoms. The lowest BCUT2D eigenvalue weighted by atomic mass is 9.94. The van der Waals surface area contributed by atoms with Gasteiger partial charge in [-0.2, -0.15) is 0 Å². The molecule has 21 heavy (non-hydrogen) atoms. The average molecular weight is 380 g/mol. The minimum absolute atomic E-state index is 0.230. The normalized spacial score (nSPS) is 12.6. The first-order chi connectivity index (χ1) is 10.1. The van der Waals surface area contributed by atoms with Crippen LogP contribution in [0.1, 0.15) is 22.1 Å². The van der Waals surface area contributed by atoms with E-state index < -0.39 is 0 Å². The van der Waals surface area contributed by atoms with E-state index in [1.165, 1.54) is 16.3 Å². The predicted octanol–water partition coefficient (Wildman–Crippen LogP) is 6.89. The van der Waals surface area contributed by atoms with Gasteiger partial charge in [-0.25, -0.2) is 0 Å². The van der Waals surface area contributed by atoms with Crippen molar-refractivity contribution in [3.05, 3.63) is 80.8 Å². The minimum atomic E-state index is -0.230. The van der Waals surface area contributed by atoms with Crippen LogP contribution in [-0.4, -0.2) is 0 Å². The lowest BCUT2D eigenvalue weighted by molar-refractivity contribution is 1.13. The highest BCUT2D eigenvalue weighted by atomic mass is 79.9. The number of hydrogen-bond donors (Lipinski definition) is 0. The van der Waals surface area contributed by atoms with Crippen LogP contribution in [0.2, 0.25) is 5.02 Å². The molecule has 0 aromatic heterocycles. The second-order valence-corrected chi connectivity index (χ2v) is 6.87. The van der Waals surface area contributed by atoms with Crippen molar-refractivity contribution >= 4 is 49.9 Å². The summed E-state index contributed by atoms with van der Waals surface area (Å²) in [5, 5.41) is 2.84. The quantitative estimate of drug-likeness (QED) is 0.425. The van der Waals surface area contributed by atoms with Crippen LogP contribution in [0.3, 0.4) is 0 Å². The molecule has 3 aromatic carbocycles. The van der Waals surface area contributed by atoms with Gasteiger partial charge in [0.05, 0.1) is 5.38 Å². The first kappa shape index (κ1) is 14.9. The number of benzene rings is 3. The largest absolute Gasteiger partial charge is 0.113 e. The van der Waals surface area contributed by atoms with Crippen molar-refractivity contribution < 1.29 is 0 Å². The van der Waals surface area contributed by atoms with Crippen molar-refractivity contribution in [1.29, 1.82) is 0 Å². The summed E-state index contributed by atoms with van der Waals surface area (Å²) < 4.78 is 0.938. The number of aryl methyl sites for hydroxylation is 1. The molecule has 0 amide bonds. The first-order valence-electron chi connectivity index (χ1n) is 6.64. The van der Waals surface area contributed by atoms with E-state index in [9.17, 15) is 0 Å². The Kier molecular flexibility index (Phi) is 4.26. The number of rotatable bonds is 2. The Hall–Kier alpha value is -1.02. The maximum atomic E-state index is 6.78. The Morgan fingerprint density at radius 1 is 1.00 bits per heavy atom. The summed E-state index contributed by atoms with van der Waals surface area (Å²) in [5.41, 5.74) is 3.32. The van der Waals surface area contributed by atoms with E-state index in [-0.39, 0.29) is 5.38 Å². The molecule has 1 unspecified atom stereocenters. The Morgan fingerprint density at radius 2 is 1.76 bits per heavy atom. The Bertz CT molecular complexity index is 791. The molecular formula is C18H13BrCl2. The van der Waals surface area contributed by atoms with Crippen molar-refractivity contribution in [2.24, 2.45) is 0 Å². The summed E-state index contributed by atoms with van der Waals surface area (Å²) in [4.78, 5) is 0. The molecule has 0 saturated carbocycles. The van der Waals surface area contributed by atoms with E-state index in [0.29, 0.717) is 5.02 Å². The molecule has 0 N–H and O–H groups in total. The van der Waals surface area contributed by atoms with Crippen LogP contribution in [0, 0.1) is 6.92 Å². The van der Waals surface area contributed by atoms with Gasteiger partial charge in [-0.1, -0.05) is 63.9 Å². The lowest BCUT2D eigenvalue weighted by Gasteiger charge is -2.17. The van der Waals surface area contributed by atoms with Crippen LogP contribution >= 0.6 is 39.1 Å². The van der Waals surface area contributed by atoms with Crippen LogP contribution in [0.25, 0.3) is 10.8 Å². The van der Waals surface area contributed by atoms with Crippen LogP contribution < -0.4 is 0 Å². The highest BCUT2D eigenvalue weighted by molar-refractivity contribution is 9.10. The van der Waals surface area contributed by atoms with Crippen LogP contribution in [0.4, 0.5) is 0 Å². The Balaban J connectivity index is 2.21. The van der Waals surface area contributed by atoms with E-state index in [1.54, 1.807) is 0 Å². The lowest BCUT2D eigenvalue weighted by Crippen LogP contribution is -1.98. The van der Waals surface area contributed by atoms with Crippen molar-refractivity contribution in [2.45, 2.75) is 12.3 Å². The van der Waals surface area contributed by atoms with E-state index in [0.717, 1.165) is 15.6 Å². The van der Waals surface area contributed by atoms with E-state index in [1.807, 2.05) is 30.3 Å². The van der Waals surface area contributed by atoms with Crippen molar-refractivity contribution in [2.75, 3.05) is 0 Å². The molecule has 0 aliphatic rings. The highest BCUT2D eigenvalue weighted by Gasteiger charge is 2.17. The molecule has 0 saturated heterocycles. The number of alkyl halides is 1. The van der Waals surface area contributed by atoms with Crippen molar-refractivity contribution in [1.82, 2.24) is 0 Å². The Labute approximate surface area is 142 Å². The summed E-state index contributed by atoms with van der Waals surface area (Å²) in [6.07, 6.45) is 0.